The number of alkyl halides is 3. The van der Waals surface area contributed by atoms with Crippen LogP contribution in [0.4, 0.5) is 13.2 Å². The van der Waals surface area contributed by atoms with Gasteiger partial charge in [-0.25, -0.2) is 0 Å². The summed E-state index contributed by atoms with van der Waals surface area (Å²) < 4.78 is 43.3. The van der Waals surface area contributed by atoms with Gasteiger partial charge in [-0.2, -0.15) is 13.2 Å². The molecule has 6 nitrogen and oxygen atoms in total. The van der Waals surface area contributed by atoms with E-state index in [1.807, 2.05) is 0 Å². The van der Waals surface area contributed by atoms with Crippen LogP contribution in [0.3, 0.4) is 0 Å². The van der Waals surface area contributed by atoms with E-state index in [0.29, 0.717) is 0 Å². The van der Waals surface area contributed by atoms with Gasteiger partial charge in [-0.15, -0.1) is 0 Å². The molecular formula is C22H17F3N2O4. The first kappa shape index (κ1) is 20.8. The maximum atomic E-state index is 14.4. The minimum Gasteiger partial charge on any atom is -0.277 e. The van der Waals surface area contributed by atoms with Crippen LogP contribution in [0.2, 0.25) is 0 Å². The Hall–Kier alpha value is -3.49. The first-order valence-electron chi connectivity index (χ1n) is 9.47. The fourth-order valence-electron chi connectivity index (χ4n) is 4.06. The summed E-state index contributed by atoms with van der Waals surface area (Å²) in [6.07, 6.45) is -4.80. The van der Waals surface area contributed by atoms with Crippen LogP contribution in [0.5, 0.6) is 0 Å². The van der Waals surface area contributed by atoms with Gasteiger partial charge in [-0.3, -0.25) is 29.0 Å². The highest BCUT2D eigenvalue weighted by molar-refractivity contribution is 6.22. The summed E-state index contributed by atoms with van der Waals surface area (Å²) in [6, 6.07) is 6.92. The summed E-state index contributed by atoms with van der Waals surface area (Å²) in [6.45, 7) is 2.65. The molecule has 0 radical (unpaired) electrons. The van der Waals surface area contributed by atoms with Gasteiger partial charge in [0.25, 0.3) is 23.6 Å². The maximum absolute atomic E-state index is 14.4. The third-order valence-corrected chi connectivity index (χ3v) is 6.10. The molecule has 2 aromatic carbocycles. The van der Waals surface area contributed by atoms with Crippen molar-refractivity contribution in [1.29, 1.82) is 0 Å². The van der Waals surface area contributed by atoms with Gasteiger partial charge in [-0.1, -0.05) is 12.1 Å². The molecule has 0 aliphatic carbocycles. The molecule has 9 heteroatoms. The Kier molecular flexibility index (Phi) is 4.36. The van der Waals surface area contributed by atoms with Crippen LogP contribution in [0, 0.1) is 0 Å². The van der Waals surface area contributed by atoms with E-state index < -0.39 is 35.2 Å². The fourth-order valence-corrected chi connectivity index (χ4v) is 4.06. The normalized spacial score (nSPS) is 17.9. The van der Waals surface area contributed by atoms with Gasteiger partial charge in [-0.05, 0) is 49.2 Å². The second-order valence-corrected chi connectivity index (χ2v) is 7.67. The Morgan fingerprint density at radius 2 is 1.16 bits per heavy atom. The first-order valence-corrected chi connectivity index (χ1v) is 9.47. The zero-order chi connectivity index (χ0) is 22.9. The zero-order valence-electron chi connectivity index (χ0n) is 16.8. The van der Waals surface area contributed by atoms with E-state index in [-0.39, 0.29) is 39.9 Å². The van der Waals surface area contributed by atoms with Gasteiger partial charge in [0.1, 0.15) is 5.41 Å². The molecule has 160 valence electrons. The van der Waals surface area contributed by atoms with Crippen molar-refractivity contribution in [2.24, 2.45) is 0 Å². The quantitative estimate of drug-likeness (QED) is 0.700. The zero-order valence-corrected chi connectivity index (χ0v) is 16.8. The first-order chi connectivity index (χ1) is 14.4. The van der Waals surface area contributed by atoms with E-state index in [1.165, 1.54) is 25.2 Å². The van der Waals surface area contributed by atoms with E-state index in [1.54, 1.807) is 6.92 Å². The lowest BCUT2D eigenvalue weighted by atomic mass is 9.74. The van der Waals surface area contributed by atoms with E-state index >= 15 is 0 Å². The van der Waals surface area contributed by atoms with Crippen molar-refractivity contribution in [3.63, 3.8) is 0 Å². The van der Waals surface area contributed by atoms with Crippen molar-refractivity contribution in [3.8, 4) is 0 Å². The number of carbonyl (C=O) groups excluding carboxylic acids is 4. The summed E-state index contributed by atoms with van der Waals surface area (Å²) in [5.41, 5.74) is -3.20. The van der Waals surface area contributed by atoms with Crippen molar-refractivity contribution in [1.82, 2.24) is 9.80 Å². The Bertz CT molecular complexity index is 1190. The van der Waals surface area contributed by atoms with Crippen molar-refractivity contribution < 1.29 is 32.3 Å². The van der Waals surface area contributed by atoms with Crippen LogP contribution in [0.1, 0.15) is 66.4 Å². The average Bonchev–Trinajstić information content (AvgIpc) is 3.11. The molecule has 2 heterocycles. The second kappa shape index (κ2) is 6.50. The van der Waals surface area contributed by atoms with Crippen LogP contribution in [0.15, 0.2) is 36.4 Å². The molecule has 0 aromatic heterocycles. The summed E-state index contributed by atoms with van der Waals surface area (Å²) in [5.74, 6) is -2.46. The molecular weight excluding hydrogens is 413 g/mol. The highest BCUT2D eigenvalue weighted by Gasteiger charge is 2.54. The molecule has 0 saturated carbocycles. The van der Waals surface area contributed by atoms with Crippen LogP contribution in [-0.2, 0) is 5.41 Å². The number of hydrogen-bond donors (Lipinski definition) is 0. The Morgan fingerprint density at radius 1 is 0.742 bits per heavy atom. The van der Waals surface area contributed by atoms with Crippen molar-refractivity contribution in [2.45, 2.75) is 25.4 Å². The molecule has 0 spiro atoms. The highest BCUT2D eigenvalue weighted by Crippen LogP contribution is 2.47. The second-order valence-electron chi connectivity index (χ2n) is 7.67. The third-order valence-electron chi connectivity index (χ3n) is 6.10. The maximum Gasteiger partial charge on any atom is 0.402 e. The number of carbonyl (C=O) groups is 4. The molecule has 1 atom stereocenters. The van der Waals surface area contributed by atoms with E-state index in [9.17, 15) is 32.3 Å². The molecule has 0 fully saturated rings. The number of nitrogens with zero attached hydrogens (tertiary/aromatic N) is 2. The average molecular weight is 430 g/mol. The van der Waals surface area contributed by atoms with Gasteiger partial charge in [0.2, 0.25) is 0 Å². The SMILES string of the molecule is CCN1C(=O)c2ccc(C(C)(c3ccc4c(c3)C(=O)N(C)C4=O)C(F)(F)F)cc2C1=O. The lowest BCUT2D eigenvalue weighted by molar-refractivity contribution is -0.173. The highest BCUT2D eigenvalue weighted by atomic mass is 19.4. The lowest BCUT2D eigenvalue weighted by Crippen LogP contribution is -2.41. The molecule has 31 heavy (non-hydrogen) atoms. The number of halogens is 3. The number of imide groups is 2. The van der Waals surface area contributed by atoms with Crippen LogP contribution in [0.25, 0.3) is 0 Å². The predicted octanol–water partition coefficient (Wildman–Crippen LogP) is 3.40. The lowest BCUT2D eigenvalue weighted by Gasteiger charge is -2.33. The molecule has 0 N–H and O–H groups in total. The van der Waals surface area contributed by atoms with Crippen molar-refractivity contribution >= 4 is 23.6 Å². The van der Waals surface area contributed by atoms with Crippen LogP contribution in [-0.4, -0.2) is 53.2 Å². The third kappa shape index (κ3) is 2.65. The Labute approximate surface area is 175 Å². The molecule has 4 amide bonds. The number of benzene rings is 2. The van der Waals surface area contributed by atoms with Gasteiger partial charge in [0.05, 0.1) is 22.3 Å². The standard InChI is InChI=1S/C22H17F3N2O4/c1-4-27-19(30)14-8-6-12(10-16(14)20(27)31)21(2,22(23,24)25)11-5-7-13-15(9-11)18(29)26(3)17(13)28/h5-10H,4H2,1-3H3. The number of hydrogen-bond acceptors (Lipinski definition) is 4. The molecule has 2 aromatic rings. The number of fused-ring (bicyclic) bond motifs is 2. The summed E-state index contributed by atoms with van der Waals surface area (Å²) in [4.78, 5) is 51.0. The van der Waals surface area contributed by atoms with Gasteiger partial charge in [0, 0.05) is 13.6 Å². The molecule has 0 bridgehead atoms. The number of amides is 4. The van der Waals surface area contributed by atoms with Gasteiger partial charge >= 0.3 is 6.18 Å². The smallest absolute Gasteiger partial charge is 0.277 e. The molecule has 1 unspecified atom stereocenters. The molecule has 0 saturated heterocycles. The number of rotatable bonds is 3. The van der Waals surface area contributed by atoms with E-state index in [4.69, 9.17) is 0 Å². The molecule has 2 aliphatic rings. The Balaban J connectivity index is 1.91. The van der Waals surface area contributed by atoms with Crippen molar-refractivity contribution in [3.05, 3.63) is 69.8 Å². The monoisotopic (exact) mass is 430 g/mol. The minimum atomic E-state index is -4.80. The predicted molar refractivity (Wildman–Crippen MR) is 103 cm³/mol. The van der Waals surface area contributed by atoms with Crippen molar-refractivity contribution in [2.75, 3.05) is 13.6 Å². The molecule has 4 rings (SSSR count). The van der Waals surface area contributed by atoms with Gasteiger partial charge < -0.3 is 0 Å². The Morgan fingerprint density at radius 3 is 1.65 bits per heavy atom. The van der Waals surface area contributed by atoms with Gasteiger partial charge in [0.15, 0.2) is 0 Å². The largest absolute Gasteiger partial charge is 0.402 e. The van der Waals surface area contributed by atoms with Crippen LogP contribution >= 0.6 is 0 Å². The summed E-state index contributed by atoms with van der Waals surface area (Å²) >= 11 is 0. The fraction of sp³-hybridized carbons (Fsp3) is 0.273. The van der Waals surface area contributed by atoms with E-state index in [0.717, 1.165) is 34.9 Å². The van der Waals surface area contributed by atoms with Crippen LogP contribution < -0.4 is 0 Å². The van der Waals surface area contributed by atoms with E-state index in [2.05, 4.69) is 0 Å². The molecule has 2 aliphatic heterocycles. The summed E-state index contributed by atoms with van der Waals surface area (Å²) in [7, 11) is 1.26. The minimum absolute atomic E-state index is 0.0362. The summed E-state index contributed by atoms with van der Waals surface area (Å²) in [5, 5.41) is 0. The topological polar surface area (TPSA) is 74.8 Å².